The van der Waals surface area contributed by atoms with E-state index in [1.54, 1.807) is 0 Å². The van der Waals surface area contributed by atoms with Gasteiger partial charge in [-0.3, -0.25) is 18.9 Å². The molecule has 0 amide bonds. The summed E-state index contributed by atoms with van der Waals surface area (Å²) < 4.78 is 3.83. The zero-order valence-corrected chi connectivity index (χ0v) is 19.2. The van der Waals surface area contributed by atoms with Crippen LogP contribution in [0.25, 0.3) is 11.0 Å². The Morgan fingerprint density at radius 1 is 0.906 bits per heavy atom. The Morgan fingerprint density at radius 3 is 2.16 bits per heavy atom. The normalized spacial score (nSPS) is 19.2. The molecule has 0 aliphatic heterocycles. The van der Waals surface area contributed by atoms with Crippen LogP contribution in [0.5, 0.6) is 0 Å². The molecule has 168 valence electrons. The maximum absolute atomic E-state index is 13.4. The van der Waals surface area contributed by atoms with E-state index in [2.05, 4.69) is 34.3 Å². The van der Waals surface area contributed by atoms with Gasteiger partial charge in [-0.15, -0.1) is 0 Å². The van der Waals surface area contributed by atoms with Gasteiger partial charge in [0.15, 0.2) is 0 Å². The smallest absolute Gasteiger partial charge is 0.255 e. The molecule has 0 bridgehead atoms. The first kappa shape index (κ1) is 20.2. The predicted molar refractivity (Wildman–Crippen MR) is 128 cm³/mol. The highest BCUT2D eigenvalue weighted by Crippen LogP contribution is 2.35. The molecular formula is C27H34N4O. The minimum Gasteiger partial charge on any atom is -0.293 e. The lowest BCUT2D eigenvalue weighted by Gasteiger charge is -2.46. The summed E-state index contributed by atoms with van der Waals surface area (Å²) in [5, 5.41) is 5.67. The minimum atomic E-state index is 0.181. The summed E-state index contributed by atoms with van der Waals surface area (Å²) in [5.41, 5.74) is 5.99. The second-order valence-corrected chi connectivity index (χ2v) is 10.2. The van der Waals surface area contributed by atoms with Gasteiger partial charge in [0.2, 0.25) is 0 Å². The highest BCUT2D eigenvalue weighted by Gasteiger charge is 2.33. The molecule has 2 heterocycles. The molecule has 0 spiro atoms. The number of hydrogen-bond donors (Lipinski definition) is 0. The summed E-state index contributed by atoms with van der Waals surface area (Å²) in [5.74, 6) is 0. The molecule has 3 aromatic rings. The van der Waals surface area contributed by atoms with Crippen molar-refractivity contribution < 1.29 is 0 Å². The van der Waals surface area contributed by atoms with E-state index in [1.807, 2.05) is 22.5 Å². The van der Waals surface area contributed by atoms with Gasteiger partial charge in [0.25, 0.3) is 5.56 Å². The van der Waals surface area contributed by atoms with Crippen molar-refractivity contribution in [2.75, 3.05) is 0 Å². The average molecular weight is 431 g/mol. The number of hydrogen-bond acceptors (Lipinski definition) is 3. The molecule has 0 N–H and O–H groups in total. The van der Waals surface area contributed by atoms with E-state index >= 15 is 0 Å². The van der Waals surface area contributed by atoms with Crippen molar-refractivity contribution in [3.8, 4) is 0 Å². The molecule has 0 atom stereocenters. The van der Waals surface area contributed by atoms with Crippen molar-refractivity contribution in [1.29, 1.82) is 0 Å². The van der Waals surface area contributed by atoms with E-state index in [1.165, 1.54) is 61.6 Å². The maximum atomic E-state index is 13.4. The Labute approximate surface area is 190 Å². The van der Waals surface area contributed by atoms with E-state index in [9.17, 15) is 4.79 Å². The maximum Gasteiger partial charge on any atom is 0.255 e. The van der Waals surface area contributed by atoms with Crippen LogP contribution in [0, 0.1) is 0 Å². The van der Waals surface area contributed by atoms with Gasteiger partial charge in [-0.05, 0) is 68.1 Å². The van der Waals surface area contributed by atoms with Crippen LogP contribution in [0.1, 0.15) is 73.6 Å². The van der Waals surface area contributed by atoms with Gasteiger partial charge in [-0.2, -0.15) is 5.10 Å². The van der Waals surface area contributed by atoms with Crippen LogP contribution in [0.2, 0.25) is 0 Å². The Bertz CT molecular complexity index is 1170. The summed E-state index contributed by atoms with van der Waals surface area (Å²) in [4.78, 5) is 16.2. The van der Waals surface area contributed by atoms with Gasteiger partial charge in [-0.1, -0.05) is 37.1 Å². The van der Waals surface area contributed by atoms with Gasteiger partial charge in [0, 0.05) is 36.6 Å². The molecule has 6 rings (SSSR count). The van der Waals surface area contributed by atoms with Crippen molar-refractivity contribution in [2.24, 2.45) is 7.05 Å². The summed E-state index contributed by atoms with van der Waals surface area (Å²) in [6, 6.07) is 10.6. The summed E-state index contributed by atoms with van der Waals surface area (Å²) in [7, 11) is 1.95. The minimum absolute atomic E-state index is 0.181. The molecule has 1 aromatic carbocycles. The summed E-state index contributed by atoms with van der Waals surface area (Å²) in [6.07, 6.45) is 14.4. The highest BCUT2D eigenvalue weighted by molar-refractivity contribution is 5.80. The Kier molecular flexibility index (Phi) is 5.17. The fourth-order valence-electron chi connectivity index (χ4n) is 5.94. The third kappa shape index (κ3) is 3.42. The first-order valence-electron chi connectivity index (χ1n) is 12.6. The van der Waals surface area contributed by atoms with Crippen LogP contribution in [0.4, 0.5) is 0 Å². The standard InChI is InChI=1S/C27H34N4O/c1-29-26-25(16-28-29)23-10-2-3-11-24(23)27(32)31(26)18-20-14-12-19(13-15-20)17-30(21-6-4-7-21)22-8-5-9-22/h12-16,21-22H,2-11,17-18H2,1H3. The molecule has 3 aliphatic rings. The van der Waals surface area contributed by atoms with E-state index in [0.717, 1.165) is 54.5 Å². The fraction of sp³-hybridized carbons (Fsp3) is 0.556. The second-order valence-electron chi connectivity index (χ2n) is 10.2. The van der Waals surface area contributed by atoms with Crippen LogP contribution in [-0.4, -0.2) is 31.3 Å². The lowest BCUT2D eigenvalue weighted by molar-refractivity contribution is 0.0332. The van der Waals surface area contributed by atoms with Crippen molar-refractivity contribution in [3.63, 3.8) is 0 Å². The van der Waals surface area contributed by atoms with Gasteiger partial charge < -0.3 is 0 Å². The molecule has 0 saturated heterocycles. The van der Waals surface area contributed by atoms with Gasteiger partial charge in [0.05, 0.1) is 12.7 Å². The van der Waals surface area contributed by atoms with E-state index in [4.69, 9.17) is 0 Å². The molecule has 2 saturated carbocycles. The number of nitrogens with zero attached hydrogens (tertiary/aromatic N) is 4. The second kappa shape index (κ2) is 8.18. The van der Waals surface area contributed by atoms with Crippen LogP contribution in [0.3, 0.4) is 0 Å². The van der Waals surface area contributed by atoms with Gasteiger partial charge >= 0.3 is 0 Å². The average Bonchev–Trinajstić information content (AvgIpc) is 3.11. The van der Waals surface area contributed by atoms with Crippen LogP contribution in [-0.2, 0) is 33.0 Å². The predicted octanol–water partition coefficient (Wildman–Crippen LogP) is 4.57. The first-order chi connectivity index (χ1) is 15.7. The molecule has 5 heteroatoms. The van der Waals surface area contributed by atoms with Crippen molar-refractivity contribution in [3.05, 3.63) is 63.1 Å². The number of fused-ring (bicyclic) bond motifs is 3. The van der Waals surface area contributed by atoms with Crippen LogP contribution < -0.4 is 5.56 Å². The van der Waals surface area contributed by atoms with Crippen LogP contribution in [0.15, 0.2) is 35.3 Å². The van der Waals surface area contributed by atoms with Crippen molar-refractivity contribution in [2.45, 2.75) is 89.4 Å². The molecule has 5 nitrogen and oxygen atoms in total. The Hall–Kier alpha value is -2.40. The lowest BCUT2D eigenvalue weighted by atomic mass is 9.84. The summed E-state index contributed by atoms with van der Waals surface area (Å²) >= 11 is 0. The topological polar surface area (TPSA) is 43.1 Å². The summed E-state index contributed by atoms with van der Waals surface area (Å²) in [6.45, 7) is 1.68. The van der Waals surface area contributed by atoms with Crippen molar-refractivity contribution in [1.82, 2.24) is 19.2 Å². The lowest BCUT2D eigenvalue weighted by Crippen LogP contribution is -2.48. The SMILES string of the molecule is Cn1ncc2c3c(c(=O)n(Cc4ccc(CN(C5CCC5)C5CCC5)cc4)c21)CCCC3. The Balaban J connectivity index is 1.27. The molecule has 3 aliphatic carbocycles. The molecule has 0 unspecified atom stereocenters. The molecule has 32 heavy (non-hydrogen) atoms. The third-order valence-electron chi connectivity index (χ3n) is 8.28. The number of aryl methyl sites for hydroxylation is 2. The highest BCUT2D eigenvalue weighted by atomic mass is 16.1. The van der Waals surface area contributed by atoms with Gasteiger partial charge in [0.1, 0.15) is 5.65 Å². The number of aromatic nitrogens is 3. The van der Waals surface area contributed by atoms with E-state index in [0.29, 0.717) is 6.54 Å². The fourth-order valence-corrected chi connectivity index (χ4v) is 5.94. The van der Waals surface area contributed by atoms with Crippen LogP contribution >= 0.6 is 0 Å². The van der Waals surface area contributed by atoms with E-state index in [-0.39, 0.29) is 5.56 Å². The Morgan fingerprint density at radius 2 is 1.53 bits per heavy atom. The van der Waals surface area contributed by atoms with Crippen molar-refractivity contribution >= 4 is 11.0 Å². The molecular weight excluding hydrogens is 396 g/mol. The molecule has 2 fully saturated rings. The number of rotatable bonds is 6. The molecule has 0 radical (unpaired) electrons. The molecule has 2 aromatic heterocycles. The monoisotopic (exact) mass is 430 g/mol. The zero-order valence-electron chi connectivity index (χ0n) is 19.2. The zero-order chi connectivity index (χ0) is 21.7. The first-order valence-corrected chi connectivity index (χ1v) is 12.6. The number of benzene rings is 1. The number of pyridine rings is 1. The third-order valence-corrected chi connectivity index (χ3v) is 8.28. The largest absolute Gasteiger partial charge is 0.293 e. The van der Waals surface area contributed by atoms with Gasteiger partial charge in [-0.25, -0.2) is 0 Å². The quantitative estimate of drug-likeness (QED) is 0.575. The van der Waals surface area contributed by atoms with E-state index < -0.39 is 0 Å².